The molecule has 204 valence electrons. The third kappa shape index (κ3) is 8.89. The van der Waals surface area contributed by atoms with Crippen LogP contribution >= 0.6 is 11.6 Å². The highest BCUT2D eigenvalue weighted by Gasteiger charge is 2.27. The van der Waals surface area contributed by atoms with Crippen LogP contribution in [0, 0.1) is 11.7 Å². The molecule has 2 amide bonds. The first-order valence-corrected chi connectivity index (χ1v) is 14.2. The number of ether oxygens (including phenoxy) is 1. The summed E-state index contributed by atoms with van der Waals surface area (Å²) in [5.74, 6) is -0.585. The summed E-state index contributed by atoms with van der Waals surface area (Å²) in [6.45, 7) is 5.86. The molecule has 2 aromatic carbocycles. The average Bonchev–Trinajstić information content (AvgIpc) is 2.83. The van der Waals surface area contributed by atoms with Crippen molar-refractivity contribution in [3.05, 3.63) is 58.9 Å². The summed E-state index contributed by atoms with van der Waals surface area (Å²) in [5.41, 5.74) is 0.621. The third-order valence-corrected chi connectivity index (χ3v) is 7.22. The van der Waals surface area contributed by atoms with E-state index in [1.54, 1.807) is 37.3 Å². The average molecular weight is 556 g/mol. The van der Waals surface area contributed by atoms with Gasteiger partial charge in [0.2, 0.25) is 21.8 Å². The SMILES string of the molecule is COc1ccc(N(CCCC(=O)N(Cc2ccccc2F)[C@H](C)C(=O)NCC(C)C)S(C)(=O)=O)cc1Cl. The van der Waals surface area contributed by atoms with Gasteiger partial charge in [0.05, 0.1) is 24.1 Å². The molecule has 1 atom stereocenters. The number of rotatable bonds is 13. The van der Waals surface area contributed by atoms with Crippen LogP contribution in [0.2, 0.25) is 5.02 Å². The van der Waals surface area contributed by atoms with Gasteiger partial charge in [0, 0.05) is 31.6 Å². The molecule has 0 spiro atoms. The second-order valence-electron chi connectivity index (χ2n) is 9.19. The van der Waals surface area contributed by atoms with Gasteiger partial charge in [0.25, 0.3) is 0 Å². The maximum atomic E-state index is 14.4. The van der Waals surface area contributed by atoms with Crippen molar-refractivity contribution in [1.29, 1.82) is 0 Å². The molecule has 1 N–H and O–H groups in total. The molecular weight excluding hydrogens is 521 g/mol. The van der Waals surface area contributed by atoms with Crippen molar-refractivity contribution in [3.63, 3.8) is 0 Å². The van der Waals surface area contributed by atoms with Gasteiger partial charge in [-0.15, -0.1) is 0 Å². The maximum absolute atomic E-state index is 14.4. The highest BCUT2D eigenvalue weighted by molar-refractivity contribution is 7.92. The van der Waals surface area contributed by atoms with Crippen LogP contribution in [0.1, 0.15) is 39.2 Å². The Morgan fingerprint density at radius 1 is 1.14 bits per heavy atom. The second-order valence-corrected chi connectivity index (χ2v) is 11.5. The highest BCUT2D eigenvalue weighted by Crippen LogP contribution is 2.30. The molecule has 37 heavy (non-hydrogen) atoms. The van der Waals surface area contributed by atoms with Crippen molar-refractivity contribution in [3.8, 4) is 5.75 Å². The summed E-state index contributed by atoms with van der Waals surface area (Å²) in [4.78, 5) is 27.3. The van der Waals surface area contributed by atoms with E-state index >= 15 is 0 Å². The summed E-state index contributed by atoms with van der Waals surface area (Å²) < 4.78 is 45.6. The number of nitrogens with zero attached hydrogens (tertiary/aromatic N) is 2. The Bertz CT molecular complexity index is 1190. The molecule has 0 heterocycles. The van der Waals surface area contributed by atoms with Gasteiger partial charge in [0.1, 0.15) is 17.6 Å². The summed E-state index contributed by atoms with van der Waals surface area (Å²) in [6, 6.07) is 9.84. The quantitative estimate of drug-likeness (QED) is 0.399. The molecule has 0 aromatic heterocycles. The minimum Gasteiger partial charge on any atom is -0.495 e. The maximum Gasteiger partial charge on any atom is 0.242 e. The van der Waals surface area contributed by atoms with E-state index in [9.17, 15) is 22.4 Å². The van der Waals surface area contributed by atoms with E-state index in [1.807, 2.05) is 13.8 Å². The zero-order valence-electron chi connectivity index (χ0n) is 21.8. The molecule has 0 saturated carbocycles. The molecule has 8 nitrogen and oxygen atoms in total. The van der Waals surface area contributed by atoms with Crippen molar-refractivity contribution in [1.82, 2.24) is 10.2 Å². The minimum absolute atomic E-state index is 0.00863. The van der Waals surface area contributed by atoms with Gasteiger partial charge in [-0.25, -0.2) is 12.8 Å². The van der Waals surface area contributed by atoms with E-state index in [-0.39, 0.29) is 48.3 Å². The lowest BCUT2D eigenvalue weighted by atomic mass is 10.1. The van der Waals surface area contributed by atoms with E-state index < -0.39 is 27.8 Å². The monoisotopic (exact) mass is 555 g/mol. The number of carbonyl (C=O) groups is 2. The van der Waals surface area contributed by atoms with E-state index in [0.717, 1.165) is 10.6 Å². The van der Waals surface area contributed by atoms with E-state index in [2.05, 4.69) is 5.32 Å². The summed E-state index contributed by atoms with van der Waals surface area (Å²) in [5, 5.41) is 3.06. The summed E-state index contributed by atoms with van der Waals surface area (Å²) >= 11 is 6.17. The predicted molar refractivity (Wildman–Crippen MR) is 144 cm³/mol. The van der Waals surface area contributed by atoms with Crippen LogP contribution in [0.25, 0.3) is 0 Å². The fraction of sp³-hybridized carbons (Fsp3) is 0.462. The van der Waals surface area contributed by atoms with Crippen molar-refractivity contribution in [2.45, 2.75) is 46.2 Å². The number of sulfonamides is 1. The largest absolute Gasteiger partial charge is 0.495 e. The lowest BCUT2D eigenvalue weighted by molar-refractivity contribution is -0.140. The number of carbonyl (C=O) groups excluding carboxylic acids is 2. The molecule has 0 bridgehead atoms. The summed E-state index contributed by atoms with van der Waals surface area (Å²) in [7, 11) is -2.22. The zero-order valence-corrected chi connectivity index (χ0v) is 23.4. The Hall–Kier alpha value is -2.85. The second kappa shape index (κ2) is 13.6. The number of halogens is 2. The smallest absolute Gasteiger partial charge is 0.242 e. The number of amides is 2. The molecule has 0 saturated heterocycles. The Balaban J connectivity index is 2.19. The van der Waals surface area contributed by atoms with Crippen LogP contribution in [-0.4, -0.2) is 57.6 Å². The Morgan fingerprint density at radius 3 is 2.38 bits per heavy atom. The van der Waals surface area contributed by atoms with Crippen molar-refractivity contribution >= 4 is 39.1 Å². The molecular formula is C26H35ClFN3O5S. The zero-order chi connectivity index (χ0) is 27.8. The van der Waals surface area contributed by atoms with Gasteiger partial charge < -0.3 is 15.0 Å². The molecule has 0 fully saturated rings. The molecule has 2 rings (SSSR count). The van der Waals surface area contributed by atoms with Gasteiger partial charge in [-0.05, 0) is 43.5 Å². The van der Waals surface area contributed by atoms with Crippen molar-refractivity contribution < 1.29 is 27.1 Å². The number of benzene rings is 2. The van der Waals surface area contributed by atoms with Crippen LogP contribution in [0.15, 0.2) is 42.5 Å². The molecule has 11 heteroatoms. The standard InChI is InChI=1S/C26H35ClFN3O5S/c1-18(2)16-29-26(33)19(3)30(17-20-9-6-7-10-23(20)28)25(32)11-8-14-31(37(5,34)35)21-12-13-24(36-4)22(27)15-21/h6-7,9-10,12-13,15,18-19H,8,11,14,16-17H2,1-5H3,(H,29,33)/t19-/m1/s1. The van der Waals surface area contributed by atoms with Gasteiger partial charge in [-0.1, -0.05) is 43.6 Å². The summed E-state index contributed by atoms with van der Waals surface area (Å²) in [6.07, 6.45) is 1.19. The molecule has 0 aliphatic carbocycles. The third-order valence-electron chi connectivity index (χ3n) is 5.73. The van der Waals surface area contributed by atoms with E-state index in [1.165, 1.54) is 24.1 Å². The minimum atomic E-state index is -3.68. The fourth-order valence-corrected chi connectivity index (χ4v) is 4.87. The van der Waals surface area contributed by atoms with Gasteiger partial charge >= 0.3 is 0 Å². The Kier molecular flexibility index (Phi) is 11.2. The van der Waals surface area contributed by atoms with Crippen LogP contribution in [0.3, 0.4) is 0 Å². The van der Waals surface area contributed by atoms with Crippen LogP contribution in [0.5, 0.6) is 5.75 Å². The molecule has 0 aliphatic rings. The Labute approximate surface area is 223 Å². The van der Waals surface area contributed by atoms with Crippen LogP contribution in [-0.2, 0) is 26.2 Å². The molecule has 2 aromatic rings. The number of hydrogen-bond acceptors (Lipinski definition) is 5. The lowest BCUT2D eigenvalue weighted by Crippen LogP contribution is -2.48. The Morgan fingerprint density at radius 2 is 1.81 bits per heavy atom. The van der Waals surface area contributed by atoms with Crippen molar-refractivity contribution in [2.24, 2.45) is 5.92 Å². The first-order chi connectivity index (χ1) is 17.3. The van der Waals surface area contributed by atoms with Crippen LogP contribution in [0.4, 0.5) is 10.1 Å². The van der Waals surface area contributed by atoms with E-state index in [0.29, 0.717) is 18.0 Å². The number of anilines is 1. The fourth-order valence-electron chi connectivity index (χ4n) is 3.66. The highest BCUT2D eigenvalue weighted by atomic mass is 35.5. The van der Waals surface area contributed by atoms with E-state index in [4.69, 9.17) is 16.3 Å². The molecule has 0 aliphatic heterocycles. The van der Waals surface area contributed by atoms with Crippen molar-refractivity contribution in [2.75, 3.05) is 30.8 Å². The molecule has 0 unspecified atom stereocenters. The van der Waals surface area contributed by atoms with Crippen LogP contribution < -0.4 is 14.4 Å². The number of methoxy groups -OCH3 is 1. The lowest BCUT2D eigenvalue weighted by Gasteiger charge is -2.30. The first kappa shape index (κ1) is 30.4. The van der Waals surface area contributed by atoms with Gasteiger partial charge in [-0.3, -0.25) is 13.9 Å². The topological polar surface area (TPSA) is 96.0 Å². The predicted octanol–water partition coefficient (Wildman–Crippen LogP) is 4.22. The number of hydrogen-bond donors (Lipinski definition) is 1. The first-order valence-electron chi connectivity index (χ1n) is 12.0. The molecule has 0 radical (unpaired) electrons. The normalized spacial score (nSPS) is 12.2. The van der Waals surface area contributed by atoms with Gasteiger partial charge in [0.15, 0.2) is 0 Å². The van der Waals surface area contributed by atoms with Gasteiger partial charge in [-0.2, -0.15) is 0 Å². The number of nitrogens with one attached hydrogen (secondary N) is 1.